The standard InChI is InChI=1S/C11H13NO4S/c1-2-16-11(15)12-6-9-5-8(7-17-9)3-4-10(13)14/h3-5,7H,2,6H2,1H3,(H,12,15)(H,13,14). The van der Waals surface area contributed by atoms with E-state index in [1.165, 1.54) is 17.4 Å². The Hall–Kier alpha value is -1.82. The summed E-state index contributed by atoms with van der Waals surface area (Å²) >= 11 is 1.45. The van der Waals surface area contributed by atoms with Crippen LogP contribution in [-0.2, 0) is 16.1 Å². The van der Waals surface area contributed by atoms with Crippen LogP contribution in [0.1, 0.15) is 17.4 Å². The van der Waals surface area contributed by atoms with Crippen LogP contribution in [0.2, 0.25) is 0 Å². The third-order valence-electron chi connectivity index (χ3n) is 1.77. The molecule has 0 aliphatic carbocycles. The Kier molecular flexibility index (Phi) is 5.22. The fourth-order valence-corrected chi connectivity index (χ4v) is 1.88. The first-order chi connectivity index (χ1) is 8.11. The van der Waals surface area contributed by atoms with Crippen molar-refractivity contribution in [3.05, 3.63) is 28.0 Å². The van der Waals surface area contributed by atoms with E-state index in [-0.39, 0.29) is 0 Å². The Morgan fingerprint density at radius 2 is 2.35 bits per heavy atom. The Morgan fingerprint density at radius 3 is 3.00 bits per heavy atom. The van der Waals surface area contributed by atoms with Gasteiger partial charge >= 0.3 is 12.1 Å². The Balaban J connectivity index is 2.46. The van der Waals surface area contributed by atoms with Gasteiger partial charge < -0.3 is 15.2 Å². The van der Waals surface area contributed by atoms with Gasteiger partial charge in [-0.25, -0.2) is 9.59 Å². The zero-order valence-electron chi connectivity index (χ0n) is 9.30. The van der Waals surface area contributed by atoms with Crippen molar-refractivity contribution in [2.45, 2.75) is 13.5 Å². The van der Waals surface area contributed by atoms with Crippen LogP contribution in [0.15, 0.2) is 17.5 Å². The number of nitrogens with one attached hydrogen (secondary N) is 1. The molecule has 0 aliphatic heterocycles. The molecule has 1 amide bonds. The maximum atomic E-state index is 11.0. The summed E-state index contributed by atoms with van der Waals surface area (Å²) in [5, 5.41) is 12.9. The first kappa shape index (κ1) is 13.2. The minimum Gasteiger partial charge on any atom is -0.478 e. The molecule has 0 saturated carbocycles. The minimum atomic E-state index is -0.984. The molecule has 0 spiro atoms. The normalized spacial score (nSPS) is 10.4. The number of hydrogen-bond donors (Lipinski definition) is 2. The molecular formula is C11H13NO4S. The summed E-state index contributed by atoms with van der Waals surface area (Å²) in [5.74, 6) is -0.984. The lowest BCUT2D eigenvalue weighted by Crippen LogP contribution is -2.23. The predicted molar refractivity (Wildman–Crippen MR) is 64.9 cm³/mol. The Labute approximate surface area is 103 Å². The highest BCUT2D eigenvalue weighted by molar-refractivity contribution is 7.10. The van der Waals surface area contributed by atoms with Gasteiger partial charge in [-0.15, -0.1) is 11.3 Å². The Bertz CT molecular complexity index is 425. The van der Waals surface area contributed by atoms with Crippen LogP contribution >= 0.6 is 11.3 Å². The maximum absolute atomic E-state index is 11.0. The van der Waals surface area contributed by atoms with Gasteiger partial charge in [0.2, 0.25) is 0 Å². The van der Waals surface area contributed by atoms with Gasteiger partial charge in [-0.1, -0.05) is 0 Å². The fraction of sp³-hybridized carbons (Fsp3) is 0.273. The minimum absolute atomic E-state index is 0.336. The third kappa shape index (κ3) is 5.17. The summed E-state index contributed by atoms with van der Waals surface area (Å²) < 4.78 is 4.71. The van der Waals surface area contributed by atoms with Crippen molar-refractivity contribution < 1.29 is 19.4 Å². The highest BCUT2D eigenvalue weighted by Crippen LogP contribution is 2.15. The zero-order chi connectivity index (χ0) is 12.7. The molecule has 5 nitrogen and oxygen atoms in total. The van der Waals surface area contributed by atoms with Crippen molar-refractivity contribution in [1.82, 2.24) is 5.32 Å². The second kappa shape index (κ2) is 6.70. The van der Waals surface area contributed by atoms with E-state index in [0.29, 0.717) is 13.2 Å². The molecule has 1 heterocycles. The number of carbonyl (C=O) groups is 2. The summed E-state index contributed by atoms with van der Waals surface area (Å²) in [6, 6.07) is 1.82. The highest BCUT2D eigenvalue weighted by atomic mass is 32.1. The number of amides is 1. The van der Waals surface area contributed by atoms with Crippen molar-refractivity contribution >= 4 is 29.5 Å². The molecule has 0 unspecified atom stereocenters. The van der Waals surface area contributed by atoms with Crippen LogP contribution < -0.4 is 5.32 Å². The van der Waals surface area contributed by atoms with Crippen LogP contribution in [0.25, 0.3) is 6.08 Å². The van der Waals surface area contributed by atoms with E-state index in [2.05, 4.69) is 5.32 Å². The smallest absolute Gasteiger partial charge is 0.407 e. The van der Waals surface area contributed by atoms with E-state index in [4.69, 9.17) is 9.84 Å². The molecule has 92 valence electrons. The van der Waals surface area contributed by atoms with Crippen molar-refractivity contribution in [2.75, 3.05) is 6.61 Å². The quantitative estimate of drug-likeness (QED) is 0.790. The van der Waals surface area contributed by atoms with E-state index >= 15 is 0 Å². The summed E-state index contributed by atoms with van der Waals surface area (Å²) in [6.07, 6.45) is 2.13. The molecule has 6 heteroatoms. The van der Waals surface area contributed by atoms with Gasteiger partial charge in [0.15, 0.2) is 0 Å². The number of ether oxygens (including phenoxy) is 1. The van der Waals surface area contributed by atoms with Gasteiger partial charge in [0.1, 0.15) is 0 Å². The molecule has 0 saturated heterocycles. The topological polar surface area (TPSA) is 75.6 Å². The lowest BCUT2D eigenvalue weighted by molar-refractivity contribution is -0.131. The average molecular weight is 255 g/mol. The first-order valence-corrected chi connectivity index (χ1v) is 5.89. The lowest BCUT2D eigenvalue weighted by atomic mass is 10.3. The number of aliphatic carboxylic acids is 1. The van der Waals surface area contributed by atoms with E-state index in [1.54, 1.807) is 6.92 Å². The van der Waals surface area contributed by atoms with Gasteiger partial charge in [-0.05, 0) is 30.0 Å². The molecule has 0 atom stereocenters. The number of thiophene rings is 1. The van der Waals surface area contributed by atoms with Gasteiger partial charge in [-0.3, -0.25) is 0 Å². The van der Waals surface area contributed by atoms with E-state index in [0.717, 1.165) is 16.5 Å². The Morgan fingerprint density at radius 1 is 1.59 bits per heavy atom. The van der Waals surface area contributed by atoms with Gasteiger partial charge in [0.25, 0.3) is 0 Å². The molecular weight excluding hydrogens is 242 g/mol. The first-order valence-electron chi connectivity index (χ1n) is 5.01. The summed E-state index contributed by atoms with van der Waals surface area (Å²) in [5.41, 5.74) is 0.804. The largest absolute Gasteiger partial charge is 0.478 e. The van der Waals surface area contributed by atoms with Crippen LogP contribution in [0, 0.1) is 0 Å². The van der Waals surface area contributed by atoms with Gasteiger partial charge in [-0.2, -0.15) is 0 Å². The van der Waals surface area contributed by atoms with Crippen LogP contribution in [-0.4, -0.2) is 23.8 Å². The number of carbonyl (C=O) groups excluding carboxylic acids is 1. The number of hydrogen-bond acceptors (Lipinski definition) is 4. The predicted octanol–water partition coefficient (Wildman–Crippen LogP) is 2.09. The van der Waals surface area contributed by atoms with Crippen LogP contribution in [0.5, 0.6) is 0 Å². The molecule has 0 aromatic carbocycles. The van der Waals surface area contributed by atoms with Crippen molar-refractivity contribution in [3.8, 4) is 0 Å². The molecule has 1 rings (SSSR count). The van der Waals surface area contributed by atoms with Crippen molar-refractivity contribution in [3.63, 3.8) is 0 Å². The number of carboxylic acids is 1. The second-order valence-electron chi connectivity index (χ2n) is 3.09. The molecule has 17 heavy (non-hydrogen) atoms. The summed E-state index contributed by atoms with van der Waals surface area (Å²) in [4.78, 5) is 22.3. The molecule has 1 aromatic rings. The third-order valence-corrected chi connectivity index (χ3v) is 2.73. The number of carboxylic acid groups (broad SMARTS) is 1. The van der Waals surface area contributed by atoms with Crippen LogP contribution in [0.4, 0.5) is 4.79 Å². The van der Waals surface area contributed by atoms with Gasteiger partial charge in [0.05, 0.1) is 13.2 Å². The molecule has 0 radical (unpaired) electrons. The summed E-state index contributed by atoms with van der Waals surface area (Å²) in [7, 11) is 0. The SMILES string of the molecule is CCOC(=O)NCc1cc(C=CC(=O)O)cs1. The molecule has 2 N–H and O–H groups in total. The fourth-order valence-electron chi connectivity index (χ4n) is 1.09. The van der Waals surface area contributed by atoms with Crippen molar-refractivity contribution in [1.29, 1.82) is 0 Å². The zero-order valence-corrected chi connectivity index (χ0v) is 10.1. The highest BCUT2D eigenvalue weighted by Gasteiger charge is 2.02. The van der Waals surface area contributed by atoms with E-state index in [9.17, 15) is 9.59 Å². The second-order valence-corrected chi connectivity index (χ2v) is 4.09. The summed E-state index contributed by atoms with van der Waals surface area (Å²) in [6.45, 7) is 2.45. The molecule has 0 aliphatic rings. The van der Waals surface area contributed by atoms with E-state index < -0.39 is 12.1 Å². The average Bonchev–Trinajstić information content (AvgIpc) is 2.72. The molecule has 1 aromatic heterocycles. The molecule has 0 fully saturated rings. The van der Waals surface area contributed by atoms with Gasteiger partial charge in [0, 0.05) is 11.0 Å². The lowest BCUT2D eigenvalue weighted by Gasteiger charge is -2.02. The van der Waals surface area contributed by atoms with Crippen LogP contribution in [0.3, 0.4) is 0 Å². The van der Waals surface area contributed by atoms with Crippen molar-refractivity contribution in [2.24, 2.45) is 0 Å². The monoisotopic (exact) mass is 255 g/mol. The number of rotatable bonds is 5. The number of alkyl carbamates (subject to hydrolysis) is 1. The maximum Gasteiger partial charge on any atom is 0.407 e. The van der Waals surface area contributed by atoms with E-state index in [1.807, 2.05) is 11.4 Å². The molecule has 0 bridgehead atoms.